The molecule has 0 saturated carbocycles. The highest BCUT2D eigenvalue weighted by molar-refractivity contribution is 5.97. The number of methoxy groups -OCH3 is 3. The summed E-state index contributed by atoms with van der Waals surface area (Å²) in [5.41, 5.74) is 1.56. The molecule has 0 bridgehead atoms. The maximum Gasteiger partial charge on any atom is 0.204 e. The van der Waals surface area contributed by atoms with Crippen LogP contribution in [0, 0.1) is 0 Å². The Labute approximate surface area is 213 Å². The summed E-state index contributed by atoms with van der Waals surface area (Å²) < 4.78 is 22.9. The van der Waals surface area contributed by atoms with Crippen LogP contribution in [0.5, 0.6) is 23.0 Å². The molecule has 0 fully saturated rings. The van der Waals surface area contributed by atoms with Gasteiger partial charge in [0.2, 0.25) is 5.43 Å². The minimum absolute atomic E-state index is 0.112. The molecular formula is C30H38O6. The molecule has 0 aliphatic rings. The van der Waals surface area contributed by atoms with Gasteiger partial charge in [0.25, 0.3) is 0 Å². The number of hydrogen-bond acceptors (Lipinski definition) is 6. The standard InChI is InChI=1S/C30H38O6/c1-6-8-10-12-14-16-20-22(33-3)18-24-27(28(20)31)29(32)26-21(17-15-13-11-9-7-2)30(35-5)25(34-4)19-23(26)36-24/h12-15,18-19,31H,6-11,16-17H2,1-5H3. The molecule has 6 heteroatoms. The second-order valence-corrected chi connectivity index (χ2v) is 8.81. The van der Waals surface area contributed by atoms with E-state index in [-0.39, 0.29) is 22.1 Å². The average molecular weight is 495 g/mol. The van der Waals surface area contributed by atoms with Gasteiger partial charge in [0, 0.05) is 23.3 Å². The van der Waals surface area contributed by atoms with E-state index >= 15 is 0 Å². The zero-order valence-electron chi connectivity index (χ0n) is 22.1. The molecule has 3 rings (SSSR count). The molecule has 194 valence electrons. The fourth-order valence-electron chi connectivity index (χ4n) is 4.43. The molecule has 3 aromatic rings. The minimum atomic E-state index is -0.305. The van der Waals surface area contributed by atoms with Crippen molar-refractivity contribution in [2.45, 2.75) is 65.2 Å². The van der Waals surface area contributed by atoms with Crippen LogP contribution in [0.15, 0.2) is 45.6 Å². The monoisotopic (exact) mass is 494 g/mol. The van der Waals surface area contributed by atoms with E-state index in [0.29, 0.717) is 52.2 Å². The van der Waals surface area contributed by atoms with Crippen LogP contribution in [0.4, 0.5) is 0 Å². The summed E-state index contributed by atoms with van der Waals surface area (Å²) in [6, 6.07) is 3.33. The van der Waals surface area contributed by atoms with E-state index in [4.69, 9.17) is 18.6 Å². The van der Waals surface area contributed by atoms with Gasteiger partial charge in [0.1, 0.15) is 28.1 Å². The Bertz CT molecular complexity index is 1300. The van der Waals surface area contributed by atoms with Crippen molar-refractivity contribution in [2.24, 2.45) is 0 Å². The van der Waals surface area contributed by atoms with Gasteiger partial charge in [0.05, 0.1) is 26.7 Å². The molecule has 0 saturated heterocycles. The number of aromatic hydroxyl groups is 1. The molecule has 0 radical (unpaired) electrons. The van der Waals surface area contributed by atoms with Gasteiger partial charge in [-0.05, 0) is 25.7 Å². The Morgan fingerprint density at radius 2 is 1.33 bits per heavy atom. The van der Waals surface area contributed by atoms with Gasteiger partial charge in [-0.3, -0.25) is 4.79 Å². The van der Waals surface area contributed by atoms with Crippen LogP contribution in [-0.2, 0) is 12.8 Å². The lowest BCUT2D eigenvalue weighted by Crippen LogP contribution is -2.09. The Balaban J connectivity index is 2.25. The molecular weight excluding hydrogens is 456 g/mol. The fraction of sp³-hybridized carbons (Fsp3) is 0.433. The number of phenols is 1. The van der Waals surface area contributed by atoms with E-state index in [1.165, 1.54) is 0 Å². The van der Waals surface area contributed by atoms with Crippen LogP contribution in [0.25, 0.3) is 21.9 Å². The zero-order valence-corrected chi connectivity index (χ0v) is 22.1. The Kier molecular flexibility index (Phi) is 9.86. The predicted octanol–water partition coefficient (Wildman–Crippen LogP) is 7.26. The van der Waals surface area contributed by atoms with Gasteiger partial charge in [-0.1, -0.05) is 63.8 Å². The Morgan fingerprint density at radius 1 is 0.778 bits per heavy atom. The third-order valence-corrected chi connectivity index (χ3v) is 6.38. The summed E-state index contributed by atoms with van der Waals surface area (Å²) in [5, 5.41) is 11.8. The van der Waals surface area contributed by atoms with Crippen molar-refractivity contribution in [3.05, 3.63) is 57.8 Å². The highest BCUT2D eigenvalue weighted by Gasteiger charge is 2.23. The van der Waals surface area contributed by atoms with Crippen molar-refractivity contribution in [3.63, 3.8) is 0 Å². The predicted molar refractivity (Wildman–Crippen MR) is 146 cm³/mol. The van der Waals surface area contributed by atoms with E-state index in [2.05, 4.69) is 26.0 Å². The van der Waals surface area contributed by atoms with Crippen molar-refractivity contribution >= 4 is 21.9 Å². The maximum absolute atomic E-state index is 13.9. The third-order valence-electron chi connectivity index (χ3n) is 6.38. The van der Waals surface area contributed by atoms with Crippen molar-refractivity contribution in [1.82, 2.24) is 0 Å². The number of ether oxygens (including phenoxy) is 3. The number of unbranched alkanes of at least 4 members (excludes halogenated alkanes) is 4. The first-order chi connectivity index (χ1) is 17.5. The average Bonchev–Trinajstić information content (AvgIpc) is 2.88. The molecule has 0 unspecified atom stereocenters. The second-order valence-electron chi connectivity index (χ2n) is 8.81. The number of rotatable bonds is 13. The van der Waals surface area contributed by atoms with Gasteiger partial charge >= 0.3 is 0 Å². The summed E-state index contributed by atoms with van der Waals surface area (Å²) in [7, 11) is 4.65. The fourth-order valence-corrected chi connectivity index (χ4v) is 4.43. The maximum atomic E-state index is 13.9. The third kappa shape index (κ3) is 5.69. The van der Waals surface area contributed by atoms with Crippen LogP contribution in [0.1, 0.15) is 63.5 Å². The van der Waals surface area contributed by atoms with Gasteiger partial charge < -0.3 is 23.7 Å². The van der Waals surface area contributed by atoms with Gasteiger partial charge in [-0.25, -0.2) is 0 Å². The summed E-state index contributed by atoms with van der Waals surface area (Å²) in [5.74, 6) is 1.33. The first-order valence-electron chi connectivity index (χ1n) is 12.7. The summed E-state index contributed by atoms with van der Waals surface area (Å²) in [4.78, 5) is 13.9. The Hall–Kier alpha value is -3.41. The molecule has 1 heterocycles. The molecule has 0 amide bonds. The van der Waals surface area contributed by atoms with E-state index < -0.39 is 0 Å². The first-order valence-corrected chi connectivity index (χ1v) is 12.7. The number of benzene rings is 2. The van der Waals surface area contributed by atoms with Gasteiger partial charge in [-0.2, -0.15) is 0 Å². The number of phenolic OH excluding ortho intramolecular Hbond substituents is 1. The molecule has 1 aromatic heterocycles. The minimum Gasteiger partial charge on any atom is -0.507 e. The van der Waals surface area contributed by atoms with Crippen molar-refractivity contribution < 1.29 is 23.7 Å². The molecule has 0 aliphatic heterocycles. The smallest absolute Gasteiger partial charge is 0.204 e. The lowest BCUT2D eigenvalue weighted by Gasteiger charge is -2.16. The van der Waals surface area contributed by atoms with E-state index in [0.717, 1.165) is 38.5 Å². The SMILES string of the molecule is CCCCC=CCc1c(OC)cc2oc3cc(OC)c(OC)c(CC=CCCCC)c3c(=O)c2c1O. The summed E-state index contributed by atoms with van der Waals surface area (Å²) in [6.07, 6.45) is 15.5. The highest BCUT2D eigenvalue weighted by Crippen LogP contribution is 2.41. The topological polar surface area (TPSA) is 78.1 Å². The molecule has 1 N–H and O–H groups in total. The van der Waals surface area contributed by atoms with Crippen molar-refractivity contribution in [1.29, 1.82) is 0 Å². The summed E-state index contributed by atoms with van der Waals surface area (Å²) >= 11 is 0. The highest BCUT2D eigenvalue weighted by atomic mass is 16.5. The van der Waals surface area contributed by atoms with Crippen molar-refractivity contribution in [3.8, 4) is 23.0 Å². The number of fused-ring (bicyclic) bond motifs is 2. The van der Waals surface area contributed by atoms with Crippen LogP contribution >= 0.6 is 0 Å². The number of allylic oxidation sites excluding steroid dienone is 4. The van der Waals surface area contributed by atoms with Crippen LogP contribution < -0.4 is 19.6 Å². The van der Waals surface area contributed by atoms with Crippen molar-refractivity contribution in [2.75, 3.05) is 21.3 Å². The van der Waals surface area contributed by atoms with Gasteiger partial charge in [0.15, 0.2) is 11.5 Å². The molecule has 0 aliphatic carbocycles. The van der Waals surface area contributed by atoms with E-state index in [9.17, 15) is 9.90 Å². The quantitative estimate of drug-likeness (QED) is 0.153. The second kappa shape index (κ2) is 13.1. The zero-order chi connectivity index (χ0) is 26.1. The number of hydrogen-bond donors (Lipinski definition) is 1. The van der Waals surface area contributed by atoms with E-state index in [1.807, 2.05) is 12.2 Å². The molecule has 36 heavy (non-hydrogen) atoms. The van der Waals surface area contributed by atoms with E-state index in [1.54, 1.807) is 33.5 Å². The van der Waals surface area contributed by atoms with Crippen LogP contribution in [0.2, 0.25) is 0 Å². The molecule has 0 spiro atoms. The van der Waals surface area contributed by atoms with Gasteiger partial charge in [-0.15, -0.1) is 0 Å². The van der Waals surface area contributed by atoms with Crippen LogP contribution in [-0.4, -0.2) is 26.4 Å². The normalized spacial score (nSPS) is 11.8. The summed E-state index contributed by atoms with van der Waals surface area (Å²) in [6.45, 7) is 4.30. The molecule has 6 nitrogen and oxygen atoms in total. The van der Waals surface area contributed by atoms with Crippen LogP contribution in [0.3, 0.4) is 0 Å². The first kappa shape index (κ1) is 27.2. The molecule has 2 aromatic carbocycles. The molecule has 0 atom stereocenters. The Morgan fingerprint density at radius 3 is 1.89 bits per heavy atom. The largest absolute Gasteiger partial charge is 0.507 e. The lowest BCUT2D eigenvalue weighted by atomic mass is 9.99. The lowest BCUT2D eigenvalue weighted by molar-refractivity contribution is 0.352.